The molecule has 0 aliphatic heterocycles. The molecule has 0 aromatic heterocycles. The monoisotopic (exact) mass is 463 g/mol. The van der Waals surface area contributed by atoms with E-state index in [2.05, 4.69) is 20.8 Å². The Balaban J connectivity index is 1.96. The Morgan fingerprint density at radius 2 is 1.23 bits per heavy atom. The molecule has 4 nitrogen and oxygen atoms in total. The van der Waals surface area contributed by atoms with Gasteiger partial charge < -0.3 is 10.2 Å². The van der Waals surface area contributed by atoms with E-state index in [9.17, 15) is 15.0 Å². The molecule has 0 amide bonds. The van der Waals surface area contributed by atoms with E-state index in [1.165, 1.54) is 6.21 Å². The summed E-state index contributed by atoms with van der Waals surface area (Å²) >= 11 is 0. The third-order valence-corrected chi connectivity index (χ3v) is 6.18. The molecule has 0 saturated heterocycles. The molecule has 0 unspecified atom stereocenters. The van der Waals surface area contributed by atoms with Crippen LogP contribution in [0.3, 0.4) is 0 Å². The quantitative estimate of drug-likeness (QED) is 0.309. The van der Waals surface area contributed by atoms with Crippen molar-refractivity contribution in [3.05, 3.63) is 125 Å². The highest BCUT2D eigenvalue weighted by atomic mass is 16.4. The lowest BCUT2D eigenvalue weighted by molar-refractivity contribution is -0.141. The Bertz CT molecular complexity index is 1300. The number of nitrogens with zero attached hydrogens (tertiary/aromatic N) is 1. The summed E-state index contributed by atoms with van der Waals surface area (Å²) < 4.78 is 0. The molecular formula is C31H29NO3. The van der Waals surface area contributed by atoms with E-state index in [4.69, 9.17) is 4.99 Å². The van der Waals surface area contributed by atoms with Crippen LogP contribution in [-0.4, -0.2) is 22.4 Å². The number of phenolic OH excluding ortho intramolecular Hbond substituents is 1. The van der Waals surface area contributed by atoms with Gasteiger partial charge in [0, 0.05) is 17.3 Å². The third kappa shape index (κ3) is 4.73. The second kappa shape index (κ2) is 9.59. The van der Waals surface area contributed by atoms with Gasteiger partial charge in [0.05, 0.1) is 0 Å². The summed E-state index contributed by atoms with van der Waals surface area (Å²) in [5.74, 6) is -1.03. The van der Waals surface area contributed by atoms with Gasteiger partial charge in [0.15, 0.2) is 0 Å². The molecule has 0 heterocycles. The van der Waals surface area contributed by atoms with Crippen molar-refractivity contribution in [2.24, 2.45) is 4.99 Å². The minimum absolute atomic E-state index is 0.0633. The van der Waals surface area contributed by atoms with E-state index in [1.807, 2.05) is 54.6 Å². The highest BCUT2D eigenvalue weighted by Crippen LogP contribution is 2.38. The average Bonchev–Trinajstić information content (AvgIpc) is 2.86. The van der Waals surface area contributed by atoms with Crippen LogP contribution in [0, 0.1) is 0 Å². The van der Waals surface area contributed by atoms with Gasteiger partial charge in [-0.1, -0.05) is 112 Å². The van der Waals surface area contributed by atoms with Gasteiger partial charge in [-0.2, -0.15) is 0 Å². The fourth-order valence-corrected chi connectivity index (χ4v) is 4.17. The number of phenols is 1. The SMILES string of the molecule is CC(C)(C)c1cc(/C=N/C(C(=O)O)(c2ccccc2)c2ccccc2)c(O)c(-c2ccccc2)c1. The molecule has 4 aromatic rings. The van der Waals surface area contributed by atoms with Gasteiger partial charge in [-0.15, -0.1) is 0 Å². The average molecular weight is 464 g/mol. The fraction of sp³-hybridized carbons (Fsp3) is 0.161. The fourth-order valence-electron chi connectivity index (χ4n) is 4.17. The van der Waals surface area contributed by atoms with Crippen LogP contribution in [0.1, 0.15) is 43.0 Å². The predicted octanol–water partition coefficient (Wildman–Crippen LogP) is 6.80. The van der Waals surface area contributed by atoms with Gasteiger partial charge in [-0.3, -0.25) is 4.99 Å². The Morgan fingerprint density at radius 3 is 1.69 bits per heavy atom. The van der Waals surface area contributed by atoms with Crippen LogP contribution < -0.4 is 0 Å². The molecule has 4 aromatic carbocycles. The molecule has 0 spiro atoms. The summed E-state index contributed by atoms with van der Waals surface area (Å²) in [6.07, 6.45) is 1.49. The van der Waals surface area contributed by atoms with Crippen LogP contribution >= 0.6 is 0 Å². The number of carbonyl (C=O) groups is 1. The van der Waals surface area contributed by atoms with Crippen molar-refractivity contribution in [2.75, 3.05) is 0 Å². The first-order chi connectivity index (χ1) is 16.7. The van der Waals surface area contributed by atoms with Crippen LogP contribution in [0.25, 0.3) is 11.1 Å². The molecule has 176 valence electrons. The highest BCUT2D eigenvalue weighted by molar-refractivity contribution is 5.93. The Hall–Kier alpha value is -4.18. The summed E-state index contributed by atoms with van der Waals surface area (Å²) in [7, 11) is 0. The predicted molar refractivity (Wildman–Crippen MR) is 141 cm³/mol. The number of carboxylic acid groups (broad SMARTS) is 1. The molecule has 4 heteroatoms. The van der Waals surface area contributed by atoms with Gasteiger partial charge >= 0.3 is 5.97 Å². The van der Waals surface area contributed by atoms with E-state index in [1.54, 1.807) is 48.5 Å². The number of hydrogen-bond donors (Lipinski definition) is 2. The number of rotatable bonds is 6. The summed E-state index contributed by atoms with van der Waals surface area (Å²) in [6, 6.07) is 31.5. The Labute approximate surface area is 206 Å². The number of aromatic hydroxyl groups is 1. The Kier molecular flexibility index (Phi) is 6.57. The van der Waals surface area contributed by atoms with E-state index in [-0.39, 0.29) is 11.2 Å². The molecule has 2 N–H and O–H groups in total. The van der Waals surface area contributed by atoms with Gasteiger partial charge in [0.2, 0.25) is 5.54 Å². The summed E-state index contributed by atoms with van der Waals surface area (Å²) in [6.45, 7) is 6.31. The maximum Gasteiger partial charge on any atom is 0.340 e. The van der Waals surface area contributed by atoms with E-state index < -0.39 is 11.5 Å². The van der Waals surface area contributed by atoms with Gasteiger partial charge in [-0.05, 0) is 39.8 Å². The van der Waals surface area contributed by atoms with Gasteiger partial charge in [0.25, 0.3) is 0 Å². The lowest BCUT2D eigenvalue weighted by Gasteiger charge is -2.27. The first-order valence-electron chi connectivity index (χ1n) is 11.6. The first-order valence-corrected chi connectivity index (χ1v) is 11.6. The first kappa shape index (κ1) is 24.0. The second-order valence-electron chi connectivity index (χ2n) is 9.58. The molecule has 0 atom stereocenters. The van der Waals surface area contributed by atoms with Gasteiger partial charge in [0.1, 0.15) is 5.75 Å². The van der Waals surface area contributed by atoms with Crippen LogP contribution in [0.4, 0.5) is 0 Å². The van der Waals surface area contributed by atoms with Crippen LogP contribution in [-0.2, 0) is 15.7 Å². The van der Waals surface area contributed by atoms with E-state index >= 15 is 0 Å². The van der Waals surface area contributed by atoms with Crippen molar-refractivity contribution < 1.29 is 15.0 Å². The lowest BCUT2D eigenvalue weighted by atomic mass is 9.82. The molecule has 0 aliphatic rings. The van der Waals surface area contributed by atoms with Crippen molar-refractivity contribution in [2.45, 2.75) is 31.7 Å². The minimum Gasteiger partial charge on any atom is -0.507 e. The van der Waals surface area contributed by atoms with Crippen LogP contribution in [0.15, 0.2) is 108 Å². The molecule has 0 bridgehead atoms. The number of hydrogen-bond acceptors (Lipinski definition) is 3. The topological polar surface area (TPSA) is 69.9 Å². The molecular weight excluding hydrogens is 434 g/mol. The minimum atomic E-state index is -1.67. The zero-order valence-electron chi connectivity index (χ0n) is 20.1. The smallest absolute Gasteiger partial charge is 0.340 e. The molecule has 0 aliphatic carbocycles. The number of benzene rings is 4. The third-order valence-electron chi connectivity index (χ3n) is 6.18. The molecule has 0 radical (unpaired) electrons. The molecule has 0 fully saturated rings. The van der Waals surface area contributed by atoms with Gasteiger partial charge in [-0.25, -0.2) is 4.79 Å². The number of carboxylic acids is 1. The maximum atomic E-state index is 12.9. The maximum absolute atomic E-state index is 12.9. The van der Waals surface area contributed by atoms with Crippen molar-refractivity contribution in [3.63, 3.8) is 0 Å². The van der Waals surface area contributed by atoms with Crippen LogP contribution in [0.5, 0.6) is 5.75 Å². The standard InChI is InChI=1S/C31H29NO3/c1-30(2,3)26-19-23(28(33)27(20-26)22-13-7-4-8-14-22)21-32-31(29(34)35,24-15-9-5-10-16-24)25-17-11-6-12-18-25/h4-21,33H,1-3H3,(H,34,35)/b32-21+. The molecule has 35 heavy (non-hydrogen) atoms. The van der Waals surface area contributed by atoms with Crippen molar-refractivity contribution in [1.82, 2.24) is 0 Å². The van der Waals surface area contributed by atoms with Crippen molar-refractivity contribution in [3.8, 4) is 16.9 Å². The molecule has 0 saturated carbocycles. The normalized spacial score (nSPS) is 12.1. The lowest BCUT2D eigenvalue weighted by Crippen LogP contribution is -2.35. The Morgan fingerprint density at radius 1 is 0.743 bits per heavy atom. The zero-order chi connectivity index (χ0) is 25.1. The van der Waals surface area contributed by atoms with Crippen molar-refractivity contribution in [1.29, 1.82) is 0 Å². The van der Waals surface area contributed by atoms with E-state index in [0.717, 1.165) is 11.1 Å². The zero-order valence-corrected chi connectivity index (χ0v) is 20.1. The second-order valence-corrected chi connectivity index (χ2v) is 9.58. The summed E-state index contributed by atoms with van der Waals surface area (Å²) in [5.41, 5.74) is 2.24. The van der Waals surface area contributed by atoms with Crippen molar-refractivity contribution >= 4 is 12.2 Å². The number of aliphatic imine (C=N–C) groups is 1. The van der Waals surface area contributed by atoms with Crippen LogP contribution in [0.2, 0.25) is 0 Å². The molecule has 4 rings (SSSR count). The van der Waals surface area contributed by atoms with E-state index in [0.29, 0.717) is 22.3 Å². The number of aliphatic carboxylic acids is 1. The highest BCUT2D eigenvalue weighted by Gasteiger charge is 2.41. The largest absolute Gasteiger partial charge is 0.507 e. The summed E-state index contributed by atoms with van der Waals surface area (Å²) in [5, 5.41) is 21.8. The summed E-state index contributed by atoms with van der Waals surface area (Å²) in [4.78, 5) is 17.6.